The van der Waals surface area contributed by atoms with Crippen LogP contribution in [0, 0.1) is 0 Å². The van der Waals surface area contributed by atoms with Crippen molar-refractivity contribution in [1.29, 1.82) is 0 Å². The highest BCUT2D eigenvalue weighted by Crippen LogP contribution is 2.34. The third-order valence-corrected chi connectivity index (χ3v) is 11.5. The fourth-order valence-electron chi connectivity index (χ4n) is 8.23. The van der Waals surface area contributed by atoms with Crippen LogP contribution in [0.3, 0.4) is 0 Å². The first-order valence-corrected chi connectivity index (χ1v) is 20.9. The molecule has 3 N–H and O–H groups in total. The monoisotopic (exact) mass is 801 g/mol. The Morgan fingerprint density at radius 3 is 2.41 bits per heavy atom. The van der Waals surface area contributed by atoms with E-state index in [4.69, 9.17) is 14.8 Å². The molecule has 4 aromatic rings. The number of aryl methyl sites for hydroxylation is 1. The number of likely N-dealkylation sites (N-methyl/N-ethyl adjacent to an activating group) is 1. The van der Waals surface area contributed by atoms with Gasteiger partial charge in [0, 0.05) is 87.0 Å². The van der Waals surface area contributed by atoms with Crippen molar-refractivity contribution in [3.05, 3.63) is 113 Å². The van der Waals surface area contributed by atoms with Crippen LogP contribution in [0.5, 0.6) is 0 Å². The van der Waals surface area contributed by atoms with E-state index in [0.29, 0.717) is 67.5 Å². The molecule has 2 aliphatic heterocycles. The lowest BCUT2D eigenvalue weighted by molar-refractivity contribution is -0.133. The molecule has 13 nitrogen and oxygen atoms in total. The minimum atomic E-state index is -0.408. The molecule has 1 atom stereocenters. The molecule has 7 rings (SSSR count). The maximum absolute atomic E-state index is 13.9. The van der Waals surface area contributed by atoms with E-state index in [1.54, 1.807) is 54.5 Å². The van der Waals surface area contributed by atoms with Crippen LogP contribution in [-0.4, -0.2) is 128 Å². The van der Waals surface area contributed by atoms with Crippen molar-refractivity contribution in [3.63, 3.8) is 0 Å². The van der Waals surface area contributed by atoms with Crippen molar-refractivity contribution in [2.45, 2.75) is 44.6 Å². The molecule has 3 aromatic carbocycles. The van der Waals surface area contributed by atoms with E-state index in [2.05, 4.69) is 32.6 Å². The van der Waals surface area contributed by atoms with E-state index >= 15 is 0 Å². The molecule has 0 radical (unpaired) electrons. The van der Waals surface area contributed by atoms with Gasteiger partial charge in [-0.3, -0.25) is 29.1 Å². The SMILES string of the molecule is CN(CC(=O)N1CCN(CCOCCO)CC1)C(=O)c1cccc(C(=O)Nc2ccc(N3CCCCC3)cc2-c2cc(C(=O)N[C@H]3CCCc4ccccc43)ccn2)c1. The summed E-state index contributed by atoms with van der Waals surface area (Å²) >= 11 is 0. The minimum absolute atomic E-state index is 0.00574. The Morgan fingerprint density at radius 1 is 0.814 bits per heavy atom. The van der Waals surface area contributed by atoms with Crippen LogP contribution >= 0.6 is 0 Å². The molecular formula is C46H55N7O6. The molecule has 0 bridgehead atoms. The first-order valence-electron chi connectivity index (χ1n) is 20.9. The van der Waals surface area contributed by atoms with Gasteiger partial charge in [0.25, 0.3) is 17.7 Å². The van der Waals surface area contributed by atoms with Gasteiger partial charge in [0.2, 0.25) is 5.91 Å². The van der Waals surface area contributed by atoms with Crippen molar-refractivity contribution < 1.29 is 29.0 Å². The smallest absolute Gasteiger partial charge is 0.255 e. The Labute approximate surface area is 346 Å². The molecule has 1 aliphatic carbocycles. The van der Waals surface area contributed by atoms with Gasteiger partial charge in [-0.15, -0.1) is 0 Å². The van der Waals surface area contributed by atoms with Crippen molar-refractivity contribution in [2.24, 2.45) is 0 Å². The van der Waals surface area contributed by atoms with E-state index in [-0.39, 0.29) is 42.5 Å². The number of hydrogen-bond acceptors (Lipinski definition) is 9. The summed E-state index contributed by atoms with van der Waals surface area (Å²) in [5, 5.41) is 15.2. The number of benzene rings is 3. The van der Waals surface area contributed by atoms with E-state index in [1.165, 1.54) is 16.9 Å². The van der Waals surface area contributed by atoms with E-state index < -0.39 is 5.91 Å². The lowest BCUT2D eigenvalue weighted by Crippen LogP contribution is -2.51. The second-order valence-corrected chi connectivity index (χ2v) is 15.6. The Morgan fingerprint density at radius 2 is 1.59 bits per heavy atom. The molecule has 4 amide bonds. The summed E-state index contributed by atoms with van der Waals surface area (Å²) in [6.45, 7) is 5.87. The van der Waals surface area contributed by atoms with E-state index in [9.17, 15) is 19.2 Å². The molecule has 13 heteroatoms. The summed E-state index contributed by atoms with van der Waals surface area (Å²) in [5.74, 6) is -1.09. The number of carbonyl (C=O) groups is 4. The summed E-state index contributed by atoms with van der Waals surface area (Å²) < 4.78 is 5.36. The van der Waals surface area contributed by atoms with Crippen LogP contribution in [0.25, 0.3) is 11.3 Å². The van der Waals surface area contributed by atoms with E-state index in [1.807, 2.05) is 30.3 Å². The van der Waals surface area contributed by atoms with Gasteiger partial charge >= 0.3 is 0 Å². The zero-order chi connectivity index (χ0) is 41.1. The molecule has 0 spiro atoms. The predicted octanol–water partition coefficient (Wildman–Crippen LogP) is 5.02. The molecule has 3 aliphatic rings. The fourth-order valence-corrected chi connectivity index (χ4v) is 8.23. The average molecular weight is 802 g/mol. The average Bonchev–Trinajstić information content (AvgIpc) is 3.28. The molecule has 310 valence electrons. The number of aromatic nitrogens is 1. The number of nitrogens with zero attached hydrogens (tertiary/aromatic N) is 5. The van der Waals surface area contributed by atoms with Crippen LogP contribution in [0.15, 0.2) is 85.1 Å². The van der Waals surface area contributed by atoms with E-state index in [0.717, 1.165) is 63.0 Å². The highest BCUT2D eigenvalue weighted by Gasteiger charge is 2.26. The Balaban J connectivity index is 1.04. The largest absolute Gasteiger partial charge is 0.394 e. The number of piperazine rings is 1. The van der Waals surface area contributed by atoms with Crippen LogP contribution < -0.4 is 15.5 Å². The minimum Gasteiger partial charge on any atom is -0.394 e. The molecule has 1 aromatic heterocycles. The van der Waals surface area contributed by atoms with Gasteiger partial charge in [-0.2, -0.15) is 0 Å². The molecule has 2 saturated heterocycles. The number of anilines is 2. The first kappa shape index (κ1) is 41.5. The van der Waals surface area contributed by atoms with Crippen LogP contribution in [0.1, 0.15) is 80.3 Å². The second-order valence-electron chi connectivity index (χ2n) is 15.6. The zero-order valence-corrected chi connectivity index (χ0v) is 33.9. The van der Waals surface area contributed by atoms with Gasteiger partial charge in [0.15, 0.2) is 0 Å². The number of fused-ring (bicyclic) bond motifs is 1. The lowest BCUT2D eigenvalue weighted by Gasteiger charge is -2.35. The standard InChI is InChI=1S/C46H55N7O6/c1-50(32-43(55)53-23-21-51(22-24-53)25-27-59-28-26-54)46(58)36-12-7-11-34(29-36)44(56)49-41-16-15-37(52-19-5-2-6-20-52)31-39(41)42-30-35(17-18-47-42)45(57)48-40-14-8-10-33-9-3-4-13-38(33)40/h3-4,7,9,11-13,15-18,29-31,40,54H,2,5-6,8,10,14,19-28,32H2,1H3,(H,48,57)(H,49,56)/t40-/m0/s1. The number of carbonyl (C=O) groups excluding carboxylic acids is 4. The number of aliphatic hydroxyl groups excluding tert-OH is 1. The summed E-state index contributed by atoms with van der Waals surface area (Å²) in [5.41, 5.74) is 6.27. The molecule has 0 saturated carbocycles. The summed E-state index contributed by atoms with van der Waals surface area (Å²) in [6.07, 6.45) is 7.91. The van der Waals surface area contributed by atoms with Gasteiger partial charge in [-0.1, -0.05) is 30.3 Å². The summed E-state index contributed by atoms with van der Waals surface area (Å²) in [7, 11) is 1.59. The topological polar surface area (TPSA) is 148 Å². The summed E-state index contributed by atoms with van der Waals surface area (Å²) in [6, 6.07) is 24.1. The predicted molar refractivity (Wildman–Crippen MR) is 228 cm³/mol. The van der Waals surface area contributed by atoms with Crippen molar-refractivity contribution in [2.75, 3.05) is 89.4 Å². The Hall–Kier alpha value is -5.63. The van der Waals surface area contributed by atoms with Crippen molar-refractivity contribution in [1.82, 2.24) is 25.0 Å². The number of nitrogens with one attached hydrogen (secondary N) is 2. The number of ether oxygens (including phenoxy) is 1. The van der Waals surface area contributed by atoms with Crippen LogP contribution in [-0.2, 0) is 16.0 Å². The number of rotatable bonds is 14. The highest BCUT2D eigenvalue weighted by atomic mass is 16.5. The normalized spacial score (nSPS) is 16.9. The molecule has 59 heavy (non-hydrogen) atoms. The molecule has 3 heterocycles. The van der Waals surface area contributed by atoms with Crippen molar-refractivity contribution >= 4 is 35.0 Å². The number of pyridine rings is 1. The second kappa shape index (κ2) is 19.9. The third kappa shape index (κ3) is 10.5. The number of aliphatic hydroxyl groups is 1. The highest BCUT2D eigenvalue weighted by molar-refractivity contribution is 6.08. The van der Waals surface area contributed by atoms with Gasteiger partial charge in [0.1, 0.15) is 0 Å². The first-order chi connectivity index (χ1) is 28.8. The number of amides is 4. The number of piperidine rings is 1. The maximum atomic E-state index is 13.9. The summed E-state index contributed by atoms with van der Waals surface area (Å²) in [4.78, 5) is 66.7. The maximum Gasteiger partial charge on any atom is 0.255 e. The lowest BCUT2D eigenvalue weighted by atomic mass is 9.87. The molecular weight excluding hydrogens is 747 g/mol. The van der Waals surface area contributed by atoms with Crippen LogP contribution in [0.2, 0.25) is 0 Å². The fraction of sp³-hybridized carbons (Fsp3) is 0.413. The van der Waals surface area contributed by atoms with Gasteiger partial charge in [-0.25, -0.2) is 0 Å². The third-order valence-electron chi connectivity index (χ3n) is 11.5. The zero-order valence-electron chi connectivity index (χ0n) is 33.9. The number of hydrogen-bond donors (Lipinski definition) is 3. The Bertz CT molecular complexity index is 2110. The molecule has 2 fully saturated rings. The quantitative estimate of drug-likeness (QED) is 0.150. The van der Waals surface area contributed by atoms with Crippen molar-refractivity contribution in [3.8, 4) is 11.3 Å². The van der Waals surface area contributed by atoms with Crippen LogP contribution in [0.4, 0.5) is 11.4 Å². The van der Waals surface area contributed by atoms with Gasteiger partial charge in [0.05, 0.1) is 43.8 Å². The van der Waals surface area contributed by atoms with Gasteiger partial charge in [-0.05, 0) is 98.2 Å². The van der Waals surface area contributed by atoms with Gasteiger partial charge < -0.3 is 35.2 Å². The Kier molecular flexibility index (Phi) is 14.0. The molecule has 0 unspecified atom stereocenters.